The van der Waals surface area contributed by atoms with Gasteiger partial charge in [-0.15, -0.1) is 0 Å². The molecule has 2 aliphatic rings. The summed E-state index contributed by atoms with van der Waals surface area (Å²) in [5, 5.41) is 0. The van der Waals surface area contributed by atoms with Crippen LogP contribution in [0.1, 0.15) is 161 Å². The first-order chi connectivity index (χ1) is 18.3. The van der Waals surface area contributed by atoms with Gasteiger partial charge < -0.3 is 4.74 Å². The smallest absolute Gasteiger partial charge is 0.119 e. The molecule has 2 atom stereocenters. The van der Waals surface area contributed by atoms with E-state index in [0.717, 1.165) is 36.0 Å². The van der Waals surface area contributed by atoms with Crippen molar-refractivity contribution in [3.63, 3.8) is 0 Å². The van der Waals surface area contributed by atoms with Crippen LogP contribution in [-0.2, 0) is 6.42 Å². The van der Waals surface area contributed by atoms with E-state index in [4.69, 9.17) is 4.74 Å². The summed E-state index contributed by atoms with van der Waals surface area (Å²) in [6.07, 6.45) is 32.9. The van der Waals surface area contributed by atoms with Crippen molar-refractivity contribution in [3.05, 3.63) is 29.8 Å². The van der Waals surface area contributed by atoms with Crippen molar-refractivity contribution < 1.29 is 4.74 Å². The number of unbranched alkanes of at least 4 members (excludes halogenated alkanes) is 7. The van der Waals surface area contributed by atoms with Crippen molar-refractivity contribution in [2.24, 2.45) is 23.7 Å². The maximum atomic E-state index is 6.17. The lowest BCUT2D eigenvalue weighted by Gasteiger charge is -2.32. The zero-order valence-electron chi connectivity index (χ0n) is 25.0. The summed E-state index contributed by atoms with van der Waals surface area (Å²) in [5.74, 6) is 5.02. The summed E-state index contributed by atoms with van der Waals surface area (Å²) in [6, 6.07) is 9.10. The van der Waals surface area contributed by atoms with Crippen molar-refractivity contribution in [2.45, 2.75) is 162 Å². The van der Waals surface area contributed by atoms with Gasteiger partial charge in [-0.05, 0) is 67.1 Å². The Bertz CT molecular complexity index is 656. The lowest BCUT2D eigenvalue weighted by Crippen LogP contribution is -2.20. The van der Waals surface area contributed by atoms with Crippen LogP contribution in [0, 0.1) is 23.7 Å². The summed E-state index contributed by atoms with van der Waals surface area (Å²) >= 11 is 0. The second kappa shape index (κ2) is 19.1. The molecule has 2 fully saturated rings. The van der Waals surface area contributed by atoms with E-state index in [9.17, 15) is 0 Å². The Hall–Kier alpha value is -0.980. The minimum absolute atomic E-state index is 0.890. The molecular weight excluding hydrogens is 448 g/mol. The normalized spacial score (nSPS) is 24.3. The van der Waals surface area contributed by atoms with Gasteiger partial charge in [-0.1, -0.05) is 148 Å². The average molecular weight is 511 g/mol. The van der Waals surface area contributed by atoms with E-state index in [1.165, 1.54) is 153 Å². The van der Waals surface area contributed by atoms with Gasteiger partial charge in [0.2, 0.25) is 0 Å². The largest absolute Gasteiger partial charge is 0.494 e. The summed E-state index contributed by atoms with van der Waals surface area (Å²) in [6.45, 7) is 5.52. The van der Waals surface area contributed by atoms with E-state index in [1.54, 1.807) is 0 Å². The molecule has 0 aromatic heterocycles. The van der Waals surface area contributed by atoms with Crippen molar-refractivity contribution in [1.82, 2.24) is 0 Å². The Morgan fingerprint density at radius 2 is 1.11 bits per heavy atom. The first kappa shape index (κ1) is 30.6. The predicted octanol–water partition coefficient (Wildman–Crippen LogP) is 11.7. The zero-order valence-corrected chi connectivity index (χ0v) is 25.0. The number of hydrogen-bond acceptors (Lipinski definition) is 1. The molecule has 0 heterocycles. The zero-order chi connectivity index (χ0) is 26.0. The highest BCUT2D eigenvalue weighted by atomic mass is 16.5. The molecule has 0 spiro atoms. The second-order valence-corrected chi connectivity index (χ2v) is 12.9. The van der Waals surface area contributed by atoms with Gasteiger partial charge >= 0.3 is 0 Å². The summed E-state index contributed by atoms with van der Waals surface area (Å²) in [7, 11) is 0. The van der Waals surface area contributed by atoms with Crippen molar-refractivity contribution in [1.29, 1.82) is 0 Å². The van der Waals surface area contributed by atoms with Crippen LogP contribution in [0.25, 0.3) is 0 Å². The monoisotopic (exact) mass is 510 g/mol. The highest BCUT2D eigenvalue weighted by Crippen LogP contribution is 2.37. The highest BCUT2D eigenvalue weighted by Gasteiger charge is 2.24. The molecule has 0 bridgehead atoms. The molecule has 212 valence electrons. The SMILES string of the molecule is CCCCCCCC1CCCCC1CCCOc1ccc(CCC2CCC(CCCCCC)CC2)cc1. The molecule has 0 saturated heterocycles. The van der Waals surface area contributed by atoms with Crippen molar-refractivity contribution in [3.8, 4) is 5.75 Å². The molecule has 1 nitrogen and oxygen atoms in total. The van der Waals surface area contributed by atoms with Crippen LogP contribution >= 0.6 is 0 Å². The molecule has 1 aromatic rings. The fourth-order valence-corrected chi connectivity index (χ4v) is 7.38. The Labute approximate surface area is 231 Å². The van der Waals surface area contributed by atoms with Crippen LogP contribution in [0.2, 0.25) is 0 Å². The van der Waals surface area contributed by atoms with Gasteiger partial charge in [-0.2, -0.15) is 0 Å². The fraction of sp³-hybridized carbons (Fsp3) is 0.833. The quantitative estimate of drug-likeness (QED) is 0.168. The number of rotatable bonds is 19. The molecule has 2 saturated carbocycles. The number of benzene rings is 1. The van der Waals surface area contributed by atoms with Gasteiger partial charge in [0.15, 0.2) is 0 Å². The van der Waals surface area contributed by atoms with E-state index >= 15 is 0 Å². The molecular formula is C36H62O. The number of hydrogen-bond donors (Lipinski definition) is 0. The third-order valence-corrected chi connectivity index (χ3v) is 9.93. The van der Waals surface area contributed by atoms with Gasteiger partial charge in [-0.25, -0.2) is 0 Å². The average Bonchev–Trinajstić information content (AvgIpc) is 2.94. The van der Waals surface area contributed by atoms with Crippen LogP contribution in [0.15, 0.2) is 24.3 Å². The number of ether oxygens (including phenoxy) is 1. The van der Waals surface area contributed by atoms with E-state index in [1.807, 2.05) is 0 Å². The molecule has 1 aromatic carbocycles. The summed E-state index contributed by atoms with van der Waals surface area (Å²) in [5.41, 5.74) is 1.50. The highest BCUT2D eigenvalue weighted by molar-refractivity contribution is 5.27. The summed E-state index contributed by atoms with van der Waals surface area (Å²) in [4.78, 5) is 0. The first-order valence-corrected chi connectivity index (χ1v) is 17.0. The van der Waals surface area contributed by atoms with Crippen molar-refractivity contribution in [2.75, 3.05) is 6.61 Å². The van der Waals surface area contributed by atoms with Crippen LogP contribution < -0.4 is 4.74 Å². The molecule has 2 aliphatic carbocycles. The molecule has 0 N–H and O–H groups in total. The first-order valence-electron chi connectivity index (χ1n) is 17.0. The van der Waals surface area contributed by atoms with E-state index in [0.29, 0.717) is 0 Å². The predicted molar refractivity (Wildman–Crippen MR) is 163 cm³/mol. The minimum atomic E-state index is 0.890. The van der Waals surface area contributed by atoms with E-state index < -0.39 is 0 Å². The fourth-order valence-electron chi connectivity index (χ4n) is 7.38. The maximum absolute atomic E-state index is 6.17. The third-order valence-electron chi connectivity index (χ3n) is 9.93. The van der Waals surface area contributed by atoms with Crippen molar-refractivity contribution >= 4 is 0 Å². The van der Waals surface area contributed by atoms with Crippen LogP contribution in [0.3, 0.4) is 0 Å². The lowest BCUT2D eigenvalue weighted by molar-refractivity contribution is 0.190. The van der Waals surface area contributed by atoms with Crippen LogP contribution in [-0.4, -0.2) is 6.61 Å². The van der Waals surface area contributed by atoms with Crippen LogP contribution in [0.5, 0.6) is 5.75 Å². The molecule has 3 rings (SSSR count). The summed E-state index contributed by atoms with van der Waals surface area (Å²) < 4.78 is 6.17. The van der Waals surface area contributed by atoms with Gasteiger partial charge in [0.05, 0.1) is 6.61 Å². The Balaban J connectivity index is 1.25. The Morgan fingerprint density at radius 3 is 1.76 bits per heavy atom. The molecule has 0 amide bonds. The Kier molecular flexibility index (Phi) is 15.8. The topological polar surface area (TPSA) is 9.23 Å². The number of aryl methyl sites for hydroxylation is 1. The van der Waals surface area contributed by atoms with E-state index in [2.05, 4.69) is 38.1 Å². The molecule has 0 radical (unpaired) electrons. The Morgan fingerprint density at radius 1 is 0.568 bits per heavy atom. The van der Waals surface area contributed by atoms with Gasteiger partial charge in [-0.3, -0.25) is 0 Å². The van der Waals surface area contributed by atoms with E-state index in [-0.39, 0.29) is 0 Å². The molecule has 2 unspecified atom stereocenters. The molecule has 1 heteroatoms. The lowest BCUT2D eigenvalue weighted by atomic mass is 9.74. The maximum Gasteiger partial charge on any atom is 0.119 e. The second-order valence-electron chi connectivity index (χ2n) is 12.9. The molecule has 0 aliphatic heterocycles. The van der Waals surface area contributed by atoms with Gasteiger partial charge in [0, 0.05) is 0 Å². The third kappa shape index (κ3) is 12.6. The molecule has 37 heavy (non-hydrogen) atoms. The minimum Gasteiger partial charge on any atom is -0.494 e. The van der Waals surface area contributed by atoms with Crippen LogP contribution in [0.4, 0.5) is 0 Å². The van der Waals surface area contributed by atoms with Gasteiger partial charge in [0.25, 0.3) is 0 Å². The van der Waals surface area contributed by atoms with Gasteiger partial charge in [0.1, 0.15) is 5.75 Å². The standard InChI is InChI=1S/C36H62O/c1-3-5-7-9-11-16-34-17-12-13-18-35(34)19-14-30-37-36-28-26-33(27-29-36)25-24-32-22-20-31(21-23-32)15-10-8-6-4-2/h26-29,31-32,34-35H,3-25,30H2,1-2H3.